The topological polar surface area (TPSA) is 83.5 Å². The van der Waals surface area contributed by atoms with E-state index in [-0.39, 0.29) is 17.4 Å². The molecule has 1 aromatic carbocycles. The summed E-state index contributed by atoms with van der Waals surface area (Å²) in [7, 11) is -3.92. The van der Waals surface area contributed by atoms with Crippen LogP contribution in [0, 0.1) is 24.6 Å². The fourth-order valence-electron chi connectivity index (χ4n) is 1.75. The molecule has 0 aromatic heterocycles. The summed E-state index contributed by atoms with van der Waals surface area (Å²) >= 11 is 0. The van der Waals surface area contributed by atoms with E-state index in [0.29, 0.717) is 5.56 Å². The van der Waals surface area contributed by atoms with E-state index < -0.39 is 27.7 Å². The molecule has 1 atom stereocenters. The summed E-state index contributed by atoms with van der Waals surface area (Å²) in [4.78, 5) is 10.8. The second kappa shape index (κ2) is 6.32. The molecule has 0 radical (unpaired) electrons. The number of hydrogen-bond acceptors (Lipinski definition) is 3. The van der Waals surface area contributed by atoms with E-state index >= 15 is 0 Å². The highest BCUT2D eigenvalue weighted by Crippen LogP contribution is 2.15. The molecule has 0 saturated carbocycles. The van der Waals surface area contributed by atoms with Crippen LogP contribution in [-0.4, -0.2) is 26.0 Å². The number of nitrogens with one attached hydrogen (secondary N) is 1. The molecule has 1 rings (SSSR count). The molecule has 0 aliphatic heterocycles. The highest BCUT2D eigenvalue weighted by atomic mass is 32.2. The predicted octanol–water partition coefficient (Wildman–Crippen LogP) is 1.77. The van der Waals surface area contributed by atoms with Crippen molar-refractivity contribution in [1.82, 2.24) is 4.72 Å². The first-order chi connectivity index (χ1) is 9.13. The van der Waals surface area contributed by atoms with Gasteiger partial charge in [0.15, 0.2) is 0 Å². The minimum atomic E-state index is -3.92. The summed E-state index contributed by atoms with van der Waals surface area (Å²) in [5, 5.41) is 9.00. The van der Waals surface area contributed by atoms with Crippen LogP contribution in [0.15, 0.2) is 23.1 Å². The number of carbonyl (C=O) groups is 1. The number of rotatable bonds is 6. The molecule has 0 aliphatic rings. The van der Waals surface area contributed by atoms with Crippen molar-refractivity contribution in [2.45, 2.75) is 25.7 Å². The average Bonchev–Trinajstić information content (AvgIpc) is 2.26. The molecule has 0 fully saturated rings. The quantitative estimate of drug-likeness (QED) is 0.839. The van der Waals surface area contributed by atoms with Crippen LogP contribution < -0.4 is 4.72 Å². The normalized spacial score (nSPS) is 13.4. The van der Waals surface area contributed by atoms with E-state index in [1.54, 1.807) is 20.8 Å². The Morgan fingerprint density at radius 2 is 1.95 bits per heavy atom. The van der Waals surface area contributed by atoms with Crippen molar-refractivity contribution >= 4 is 16.0 Å². The third-order valence-electron chi connectivity index (χ3n) is 2.94. The van der Waals surface area contributed by atoms with E-state index in [4.69, 9.17) is 5.11 Å². The molecule has 5 nitrogen and oxygen atoms in total. The maximum atomic E-state index is 13.2. The lowest BCUT2D eigenvalue weighted by Crippen LogP contribution is -2.35. The van der Waals surface area contributed by atoms with Gasteiger partial charge in [0.25, 0.3) is 0 Å². The van der Waals surface area contributed by atoms with Gasteiger partial charge < -0.3 is 5.11 Å². The van der Waals surface area contributed by atoms with Crippen molar-refractivity contribution in [2.24, 2.45) is 11.8 Å². The summed E-state index contributed by atoms with van der Waals surface area (Å²) in [5.74, 6) is -2.77. The molecule has 1 aromatic rings. The van der Waals surface area contributed by atoms with Gasteiger partial charge in [-0.15, -0.1) is 0 Å². The SMILES string of the molecule is Cc1cc(F)cc(S(=O)(=O)NCC(C(=O)O)C(C)C)c1. The largest absolute Gasteiger partial charge is 0.481 e. The summed E-state index contributed by atoms with van der Waals surface area (Å²) in [6.45, 7) is 4.74. The Bertz CT molecular complexity index is 578. The van der Waals surface area contributed by atoms with E-state index in [1.165, 1.54) is 12.1 Å². The van der Waals surface area contributed by atoms with E-state index in [0.717, 1.165) is 6.07 Å². The van der Waals surface area contributed by atoms with Crippen LogP contribution in [-0.2, 0) is 14.8 Å². The fraction of sp³-hybridized carbons (Fsp3) is 0.462. The molecule has 0 bridgehead atoms. The number of hydrogen-bond donors (Lipinski definition) is 2. The van der Waals surface area contributed by atoms with Crippen LogP contribution in [0.4, 0.5) is 4.39 Å². The first kappa shape index (κ1) is 16.6. The van der Waals surface area contributed by atoms with Gasteiger partial charge in [0, 0.05) is 6.54 Å². The lowest BCUT2D eigenvalue weighted by atomic mass is 9.97. The Hall–Kier alpha value is -1.47. The number of aliphatic carboxylic acids is 1. The number of halogens is 1. The zero-order valence-electron chi connectivity index (χ0n) is 11.6. The van der Waals surface area contributed by atoms with Crippen LogP contribution in [0.3, 0.4) is 0 Å². The van der Waals surface area contributed by atoms with Gasteiger partial charge in [-0.2, -0.15) is 0 Å². The lowest BCUT2D eigenvalue weighted by Gasteiger charge is -2.17. The Morgan fingerprint density at radius 3 is 2.40 bits per heavy atom. The minimum absolute atomic E-state index is 0.206. The van der Waals surface area contributed by atoms with Crippen LogP contribution in [0.5, 0.6) is 0 Å². The number of benzene rings is 1. The van der Waals surface area contributed by atoms with Crippen LogP contribution in [0.2, 0.25) is 0 Å². The van der Waals surface area contributed by atoms with Gasteiger partial charge in [-0.3, -0.25) is 4.79 Å². The van der Waals surface area contributed by atoms with Crippen molar-refractivity contribution < 1.29 is 22.7 Å². The van der Waals surface area contributed by atoms with Crippen molar-refractivity contribution in [2.75, 3.05) is 6.54 Å². The van der Waals surface area contributed by atoms with E-state index in [9.17, 15) is 17.6 Å². The molecule has 0 heterocycles. The van der Waals surface area contributed by atoms with Crippen LogP contribution in [0.25, 0.3) is 0 Å². The van der Waals surface area contributed by atoms with Crippen molar-refractivity contribution in [3.8, 4) is 0 Å². The van der Waals surface area contributed by atoms with Crippen molar-refractivity contribution in [1.29, 1.82) is 0 Å². The minimum Gasteiger partial charge on any atom is -0.481 e. The monoisotopic (exact) mass is 303 g/mol. The smallest absolute Gasteiger partial charge is 0.308 e. The van der Waals surface area contributed by atoms with Gasteiger partial charge >= 0.3 is 5.97 Å². The fourth-order valence-corrected chi connectivity index (χ4v) is 2.92. The van der Waals surface area contributed by atoms with Crippen molar-refractivity contribution in [3.63, 3.8) is 0 Å². The standard InChI is InChI=1S/C13H18FNO4S/c1-8(2)12(13(16)17)7-15-20(18,19)11-5-9(3)4-10(14)6-11/h4-6,8,12,15H,7H2,1-3H3,(H,16,17). The van der Waals surface area contributed by atoms with Gasteiger partial charge in [0.05, 0.1) is 10.8 Å². The van der Waals surface area contributed by atoms with E-state index in [1.807, 2.05) is 0 Å². The molecule has 0 spiro atoms. The molecular weight excluding hydrogens is 285 g/mol. The maximum Gasteiger partial charge on any atom is 0.308 e. The summed E-state index contributed by atoms with van der Waals surface area (Å²) in [6, 6.07) is 3.45. The summed E-state index contributed by atoms with van der Waals surface area (Å²) in [5.41, 5.74) is 0.476. The Morgan fingerprint density at radius 1 is 1.35 bits per heavy atom. The van der Waals surface area contributed by atoms with E-state index in [2.05, 4.69) is 4.72 Å². The maximum absolute atomic E-state index is 13.2. The molecule has 112 valence electrons. The zero-order chi connectivity index (χ0) is 15.5. The Kier molecular flexibility index (Phi) is 5.24. The second-order valence-corrected chi connectivity index (χ2v) is 6.77. The Balaban J connectivity index is 2.92. The molecule has 2 N–H and O–H groups in total. The van der Waals surface area contributed by atoms with Gasteiger partial charge in [0.1, 0.15) is 5.82 Å². The summed E-state index contributed by atoms with van der Waals surface area (Å²) < 4.78 is 39.5. The number of carboxylic acids is 1. The van der Waals surface area contributed by atoms with Gasteiger partial charge in [-0.25, -0.2) is 17.5 Å². The number of sulfonamides is 1. The molecule has 0 saturated heterocycles. The summed E-state index contributed by atoms with van der Waals surface area (Å²) in [6.07, 6.45) is 0. The van der Waals surface area contributed by atoms with Crippen molar-refractivity contribution in [3.05, 3.63) is 29.6 Å². The van der Waals surface area contributed by atoms with Crippen LogP contribution >= 0.6 is 0 Å². The molecule has 0 amide bonds. The highest BCUT2D eigenvalue weighted by Gasteiger charge is 2.24. The molecule has 0 aliphatic carbocycles. The number of aryl methyl sites for hydroxylation is 1. The predicted molar refractivity (Wildman–Crippen MR) is 72.3 cm³/mol. The molecule has 7 heteroatoms. The second-order valence-electron chi connectivity index (χ2n) is 5.00. The average molecular weight is 303 g/mol. The zero-order valence-corrected chi connectivity index (χ0v) is 12.4. The first-order valence-electron chi connectivity index (χ1n) is 6.13. The first-order valence-corrected chi connectivity index (χ1v) is 7.61. The van der Waals surface area contributed by atoms with Gasteiger partial charge in [-0.1, -0.05) is 13.8 Å². The molecule has 1 unspecified atom stereocenters. The van der Waals surface area contributed by atoms with Gasteiger partial charge in [0.2, 0.25) is 10.0 Å². The number of carboxylic acid groups (broad SMARTS) is 1. The van der Waals surface area contributed by atoms with Gasteiger partial charge in [-0.05, 0) is 36.6 Å². The third kappa shape index (κ3) is 4.28. The lowest BCUT2D eigenvalue weighted by molar-refractivity contribution is -0.142. The molecular formula is C13H18FNO4S. The Labute approximate surface area is 117 Å². The highest BCUT2D eigenvalue weighted by molar-refractivity contribution is 7.89. The van der Waals surface area contributed by atoms with Crippen LogP contribution in [0.1, 0.15) is 19.4 Å². The third-order valence-corrected chi connectivity index (χ3v) is 4.34. The molecule has 20 heavy (non-hydrogen) atoms.